The molecule has 0 aliphatic heterocycles. The van der Waals surface area contributed by atoms with Crippen LogP contribution in [0.25, 0.3) is 0 Å². The lowest BCUT2D eigenvalue weighted by Gasteiger charge is -2.36. The summed E-state index contributed by atoms with van der Waals surface area (Å²) in [6, 6.07) is 7.73. The Morgan fingerprint density at radius 2 is 1.95 bits per heavy atom. The third kappa shape index (κ3) is 3.73. The van der Waals surface area contributed by atoms with Crippen LogP contribution in [0.2, 0.25) is 0 Å². The van der Waals surface area contributed by atoms with E-state index in [0.29, 0.717) is 0 Å². The number of hydrogen-bond acceptors (Lipinski definition) is 3. The van der Waals surface area contributed by atoms with Gasteiger partial charge in [-0.25, -0.2) is 0 Å². The topological polar surface area (TPSA) is 75.4 Å². The predicted molar refractivity (Wildman–Crippen MR) is 80.4 cm³/mol. The molecular weight excluding hydrogens is 252 g/mol. The monoisotopic (exact) mass is 276 g/mol. The first-order chi connectivity index (χ1) is 9.65. The number of amides is 1. The Kier molecular flexibility index (Phi) is 5.01. The summed E-state index contributed by atoms with van der Waals surface area (Å²) in [6.45, 7) is 0.970. The molecule has 4 nitrogen and oxygen atoms in total. The van der Waals surface area contributed by atoms with Gasteiger partial charge in [-0.1, -0.05) is 37.5 Å². The molecule has 0 spiro atoms. The van der Waals surface area contributed by atoms with Gasteiger partial charge < -0.3 is 16.2 Å². The van der Waals surface area contributed by atoms with Gasteiger partial charge in [-0.2, -0.15) is 0 Å². The van der Waals surface area contributed by atoms with E-state index in [1.54, 1.807) is 0 Å². The van der Waals surface area contributed by atoms with Crippen molar-refractivity contribution in [3.8, 4) is 0 Å². The van der Waals surface area contributed by atoms with Crippen LogP contribution in [0.5, 0.6) is 0 Å². The highest BCUT2D eigenvalue weighted by molar-refractivity contribution is 5.78. The number of aliphatic hydroxyl groups excluding tert-OH is 1. The minimum absolute atomic E-state index is 0.0158. The molecule has 0 atom stereocenters. The Morgan fingerprint density at radius 3 is 2.60 bits per heavy atom. The lowest BCUT2D eigenvalue weighted by atomic mass is 9.74. The normalized spacial score (nSPS) is 17.6. The number of aliphatic hydroxyl groups is 1. The zero-order valence-electron chi connectivity index (χ0n) is 11.9. The third-order valence-electron chi connectivity index (χ3n) is 4.29. The van der Waals surface area contributed by atoms with E-state index in [2.05, 4.69) is 5.32 Å². The smallest absolute Gasteiger partial charge is 0.221 e. The van der Waals surface area contributed by atoms with Gasteiger partial charge in [-0.3, -0.25) is 4.79 Å². The average molecular weight is 276 g/mol. The second-order valence-electron chi connectivity index (χ2n) is 5.87. The minimum Gasteiger partial charge on any atom is -0.396 e. The van der Waals surface area contributed by atoms with Gasteiger partial charge >= 0.3 is 0 Å². The number of hydrogen-bond donors (Lipinski definition) is 3. The van der Waals surface area contributed by atoms with E-state index in [9.17, 15) is 9.90 Å². The fourth-order valence-corrected chi connectivity index (χ4v) is 3.01. The van der Waals surface area contributed by atoms with Crippen molar-refractivity contribution in [2.75, 3.05) is 18.5 Å². The van der Waals surface area contributed by atoms with Crippen LogP contribution in [0.3, 0.4) is 0 Å². The molecule has 110 valence electrons. The summed E-state index contributed by atoms with van der Waals surface area (Å²) in [5.74, 6) is -0.325. The minimum atomic E-state index is -0.325. The molecule has 2 rings (SSSR count). The molecule has 0 bridgehead atoms. The van der Waals surface area contributed by atoms with Crippen molar-refractivity contribution in [2.24, 2.45) is 11.1 Å². The van der Waals surface area contributed by atoms with E-state index in [4.69, 9.17) is 5.73 Å². The van der Waals surface area contributed by atoms with Gasteiger partial charge in [0, 0.05) is 17.6 Å². The molecular formula is C16H24N2O2. The van der Waals surface area contributed by atoms with E-state index in [-0.39, 0.29) is 24.3 Å². The van der Waals surface area contributed by atoms with Crippen LogP contribution in [0.15, 0.2) is 24.3 Å². The maximum Gasteiger partial charge on any atom is 0.221 e. The second-order valence-corrected chi connectivity index (χ2v) is 5.87. The third-order valence-corrected chi connectivity index (χ3v) is 4.29. The van der Waals surface area contributed by atoms with Crippen LogP contribution in [-0.2, 0) is 11.2 Å². The highest BCUT2D eigenvalue weighted by Crippen LogP contribution is 2.36. The maximum atomic E-state index is 11.1. The van der Waals surface area contributed by atoms with Gasteiger partial charge in [0.25, 0.3) is 0 Å². The molecule has 1 saturated carbocycles. The number of anilines is 1. The number of nitrogens with one attached hydrogen (secondary N) is 1. The number of rotatable bonds is 6. The highest BCUT2D eigenvalue weighted by atomic mass is 16.3. The highest BCUT2D eigenvalue weighted by Gasteiger charge is 2.31. The van der Waals surface area contributed by atoms with Crippen molar-refractivity contribution >= 4 is 11.6 Å². The Balaban J connectivity index is 2.04. The number of benzene rings is 1. The number of carbonyl (C=O) groups excluding carboxylic acids is 1. The maximum absolute atomic E-state index is 11.1. The van der Waals surface area contributed by atoms with Crippen molar-refractivity contribution in [1.82, 2.24) is 0 Å². The average Bonchev–Trinajstić information content (AvgIpc) is 2.47. The predicted octanol–water partition coefficient (Wildman–Crippen LogP) is 2.07. The summed E-state index contributed by atoms with van der Waals surface area (Å²) in [6.07, 6.45) is 6.01. The van der Waals surface area contributed by atoms with Crippen molar-refractivity contribution in [2.45, 2.75) is 38.5 Å². The number of primary amides is 1. The molecule has 1 amide bonds. The molecule has 0 unspecified atom stereocenters. The summed E-state index contributed by atoms with van der Waals surface area (Å²) in [5.41, 5.74) is 7.13. The van der Waals surface area contributed by atoms with Gasteiger partial charge in [0.2, 0.25) is 5.91 Å². The first kappa shape index (κ1) is 14.9. The molecule has 1 aliphatic rings. The molecule has 1 aliphatic carbocycles. The van der Waals surface area contributed by atoms with Crippen molar-refractivity contribution in [1.29, 1.82) is 0 Å². The standard InChI is InChI=1S/C16H24N2O2/c17-15(20)10-13-6-2-3-7-14(13)18-11-16(12-19)8-4-1-5-9-16/h2-3,6-7,18-19H,1,4-5,8-12H2,(H2,17,20). The summed E-state index contributed by atoms with van der Waals surface area (Å²) in [4.78, 5) is 11.1. The quantitative estimate of drug-likeness (QED) is 0.744. The fourth-order valence-electron chi connectivity index (χ4n) is 3.01. The van der Waals surface area contributed by atoms with E-state index in [0.717, 1.165) is 30.6 Å². The largest absolute Gasteiger partial charge is 0.396 e. The first-order valence-corrected chi connectivity index (χ1v) is 7.36. The Labute approximate surface area is 120 Å². The van der Waals surface area contributed by atoms with Gasteiger partial charge in [0.05, 0.1) is 13.0 Å². The van der Waals surface area contributed by atoms with Crippen LogP contribution < -0.4 is 11.1 Å². The molecule has 0 saturated heterocycles. The number of para-hydroxylation sites is 1. The van der Waals surface area contributed by atoms with Gasteiger partial charge in [-0.05, 0) is 24.5 Å². The summed E-state index contributed by atoms with van der Waals surface area (Å²) in [7, 11) is 0. The van der Waals surface area contributed by atoms with Crippen molar-refractivity contribution < 1.29 is 9.90 Å². The van der Waals surface area contributed by atoms with Crippen LogP contribution in [0.1, 0.15) is 37.7 Å². The molecule has 1 aromatic rings. The number of carbonyl (C=O) groups is 1. The Hall–Kier alpha value is -1.55. The van der Waals surface area contributed by atoms with Gasteiger partial charge in [0.15, 0.2) is 0 Å². The molecule has 4 N–H and O–H groups in total. The van der Waals surface area contributed by atoms with E-state index in [1.165, 1.54) is 19.3 Å². The molecule has 1 aromatic carbocycles. The fraction of sp³-hybridized carbons (Fsp3) is 0.562. The molecule has 0 heterocycles. The SMILES string of the molecule is NC(=O)Cc1ccccc1NCC1(CO)CCCCC1. The van der Waals surface area contributed by atoms with Crippen LogP contribution in [0, 0.1) is 5.41 Å². The molecule has 0 aromatic heterocycles. The Bertz CT molecular complexity index is 454. The summed E-state index contributed by atoms with van der Waals surface area (Å²) < 4.78 is 0. The molecule has 0 radical (unpaired) electrons. The Morgan fingerprint density at radius 1 is 1.25 bits per heavy atom. The van der Waals surface area contributed by atoms with Crippen LogP contribution >= 0.6 is 0 Å². The first-order valence-electron chi connectivity index (χ1n) is 7.36. The van der Waals surface area contributed by atoms with Gasteiger partial charge in [-0.15, -0.1) is 0 Å². The van der Waals surface area contributed by atoms with Crippen molar-refractivity contribution in [3.05, 3.63) is 29.8 Å². The molecule has 4 heteroatoms. The van der Waals surface area contributed by atoms with Gasteiger partial charge in [0.1, 0.15) is 0 Å². The zero-order chi connectivity index (χ0) is 14.4. The van der Waals surface area contributed by atoms with E-state index in [1.807, 2.05) is 24.3 Å². The summed E-state index contributed by atoms with van der Waals surface area (Å²) >= 11 is 0. The summed E-state index contributed by atoms with van der Waals surface area (Å²) in [5, 5.41) is 13.1. The lowest BCUT2D eigenvalue weighted by Crippen LogP contribution is -2.35. The zero-order valence-corrected chi connectivity index (χ0v) is 11.9. The van der Waals surface area contributed by atoms with E-state index < -0.39 is 0 Å². The second kappa shape index (κ2) is 6.75. The van der Waals surface area contributed by atoms with Crippen LogP contribution in [-0.4, -0.2) is 24.2 Å². The lowest BCUT2D eigenvalue weighted by molar-refractivity contribution is -0.117. The van der Waals surface area contributed by atoms with Crippen molar-refractivity contribution in [3.63, 3.8) is 0 Å². The number of nitrogens with two attached hydrogens (primary N) is 1. The molecule has 1 fully saturated rings. The molecule has 20 heavy (non-hydrogen) atoms. The van der Waals surface area contributed by atoms with E-state index >= 15 is 0 Å². The van der Waals surface area contributed by atoms with Crippen LogP contribution in [0.4, 0.5) is 5.69 Å².